The summed E-state index contributed by atoms with van der Waals surface area (Å²) in [6.07, 6.45) is 2.09. The predicted molar refractivity (Wildman–Crippen MR) is 92.0 cm³/mol. The molecular weight excluding hydrogens is 282 g/mol. The van der Waals surface area contributed by atoms with Crippen molar-refractivity contribution in [1.82, 2.24) is 10.6 Å². The molecule has 118 valence electrons. The Morgan fingerprint density at radius 1 is 1.38 bits per heavy atom. The average molecular weight is 309 g/mol. The van der Waals surface area contributed by atoms with Crippen molar-refractivity contribution in [3.63, 3.8) is 0 Å². The fourth-order valence-corrected chi connectivity index (χ4v) is 2.52. The molecule has 1 aromatic rings. The summed E-state index contributed by atoms with van der Waals surface area (Å²) in [6, 6.07) is 6.47. The van der Waals surface area contributed by atoms with Gasteiger partial charge in [0, 0.05) is 24.6 Å². The summed E-state index contributed by atoms with van der Waals surface area (Å²) in [4.78, 5) is 5.90. The summed E-state index contributed by atoms with van der Waals surface area (Å²) in [7, 11) is 0. The van der Waals surface area contributed by atoms with Crippen LogP contribution in [0.1, 0.15) is 25.0 Å². The van der Waals surface area contributed by atoms with Crippen molar-refractivity contribution in [1.29, 1.82) is 0 Å². The Morgan fingerprint density at radius 2 is 2.14 bits per heavy atom. The summed E-state index contributed by atoms with van der Waals surface area (Å²) in [6.45, 7) is 8.53. The Bertz CT molecular complexity index is 463. The molecule has 0 aliphatic rings. The van der Waals surface area contributed by atoms with Crippen LogP contribution < -0.4 is 10.6 Å². The highest BCUT2D eigenvalue weighted by atomic mass is 32.2. The normalized spacial score (nSPS) is 13.1. The number of nitrogens with one attached hydrogen (secondary N) is 2. The molecule has 5 heteroatoms. The number of benzene rings is 1. The summed E-state index contributed by atoms with van der Waals surface area (Å²) in [5.74, 6) is 1.01. The lowest BCUT2D eigenvalue weighted by Crippen LogP contribution is -2.39. The van der Waals surface area contributed by atoms with E-state index in [0.717, 1.165) is 12.5 Å². The molecule has 1 atom stereocenters. The number of aliphatic hydroxyl groups is 1. The zero-order chi connectivity index (χ0) is 15.7. The first-order valence-electron chi connectivity index (χ1n) is 7.37. The van der Waals surface area contributed by atoms with Gasteiger partial charge in [0.1, 0.15) is 0 Å². The van der Waals surface area contributed by atoms with E-state index in [4.69, 9.17) is 5.11 Å². The van der Waals surface area contributed by atoms with Crippen LogP contribution in [0, 0.1) is 12.8 Å². The van der Waals surface area contributed by atoms with Gasteiger partial charge in [-0.3, -0.25) is 0 Å². The molecule has 3 N–H and O–H groups in total. The van der Waals surface area contributed by atoms with E-state index >= 15 is 0 Å². The molecule has 1 aromatic carbocycles. The molecule has 1 unspecified atom stereocenters. The van der Waals surface area contributed by atoms with Crippen LogP contribution in [0.3, 0.4) is 0 Å². The van der Waals surface area contributed by atoms with Crippen molar-refractivity contribution in [3.05, 3.63) is 29.3 Å². The van der Waals surface area contributed by atoms with Gasteiger partial charge in [0.15, 0.2) is 5.96 Å². The van der Waals surface area contributed by atoms with Gasteiger partial charge in [-0.2, -0.15) is 0 Å². The molecule has 0 heterocycles. The Morgan fingerprint density at radius 3 is 2.76 bits per heavy atom. The Kier molecular flexibility index (Phi) is 8.23. The first-order chi connectivity index (χ1) is 10.1. The van der Waals surface area contributed by atoms with Gasteiger partial charge in [-0.25, -0.2) is 4.99 Å². The molecule has 0 amide bonds. The number of aliphatic imine (C=N–C) groups is 1. The maximum absolute atomic E-state index is 9.08. The zero-order valence-electron chi connectivity index (χ0n) is 13.4. The van der Waals surface area contributed by atoms with E-state index in [9.17, 15) is 0 Å². The molecule has 0 radical (unpaired) electrons. The summed E-state index contributed by atoms with van der Waals surface area (Å²) >= 11 is 1.75. The van der Waals surface area contributed by atoms with Crippen LogP contribution in [0.4, 0.5) is 0 Å². The molecule has 0 aliphatic carbocycles. The van der Waals surface area contributed by atoms with Crippen molar-refractivity contribution in [3.8, 4) is 0 Å². The quantitative estimate of drug-likeness (QED) is 0.411. The van der Waals surface area contributed by atoms with Crippen LogP contribution in [0.15, 0.2) is 28.1 Å². The standard InChI is InChI=1S/C16H27N3OS/c1-5-17-16(18-9-13(3)11-20)19-10-14-7-6-12(2)8-15(14)21-4/h6-8,13,20H,5,9-11H2,1-4H3,(H2,17,18,19). The van der Waals surface area contributed by atoms with Gasteiger partial charge >= 0.3 is 0 Å². The topological polar surface area (TPSA) is 56.7 Å². The second-order valence-corrected chi connectivity index (χ2v) is 6.03. The third-order valence-electron chi connectivity index (χ3n) is 3.12. The molecule has 0 spiro atoms. The zero-order valence-corrected chi connectivity index (χ0v) is 14.3. The van der Waals surface area contributed by atoms with Crippen molar-refractivity contribution >= 4 is 17.7 Å². The molecular formula is C16H27N3OS. The second kappa shape index (κ2) is 9.68. The minimum absolute atomic E-state index is 0.182. The van der Waals surface area contributed by atoms with Crippen molar-refractivity contribution < 1.29 is 5.11 Å². The fourth-order valence-electron chi connectivity index (χ4n) is 1.82. The van der Waals surface area contributed by atoms with Gasteiger partial charge in [0.05, 0.1) is 6.54 Å². The van der Waals surface area contributed by atoms with Crippen LogP contribution in [0.5, 0.6) is 0 Å². The van der Waals surface area contributed by atoms with E-state index < -0.39 is 0 Å². The number of aryl methyl sites for hydroxylation is 1. The fraction of sp³-hybridized carbons (Fsp3) is 0.562. The lowest BCUT2D eigenvalue weighted by Gasteiger charge is -2.14. The van der Waals surface area contributed by atoms with E-state index in [2.05, 4.69) is 47.0 Å². The van der Waals surface area contributed by atoms with Crippen LogP contribution in [0.25, 0.3) is 0 Å². The minimum Gasteiger partial charge on any atom is -0.396 e. The van der Waals surface area contributed by atoms with E-state index in [0.29, 0.717) is 13.1 Å². The number of guanidine groups is 1. The first kappa shape index (κ1) is 17.9. The van der Waals surface area contributed by atoms with Gasteiger partial charge < -0.3 is 15.7 Å². The van der Waals surface area contributed by atoms with Crippen LogP contribution >= 0.6 is 11.8 Å². The van der Waals surface area contributed by atoms with Gasteiger partial charge in [-0.1, -0.05) is 19.1 Å². The molecule has 0 aromatic heterocycles. The van der Waals surface area contributed by atoms with E-state index in [1.165, 1.54) is 16.0 Å². The van der Waals surface area contributed by atoms with Crippen molar-refractivity contribution in [2.75, 3.05) is 26.0 Å². The number of hydrogen-bond acceptors (Lipinski definition) is 3. The second-order valence-electron chi connectivity index (χ2n) is 5.18. The number of hydrogen-bond donors (Lipinski definition) is 3. The van der Waals surface area contributed by atoms with E-state index in [-0.39, 0.29) is 12.5 Å². The van der Waals surface area contributed by atoms with Gasteiger partial charge in [-0.05, 0) is 43.2 Å². The third-order valence-corrected chi connectivity index (χ3v) is 3.94. The first-order valence-corrected chi connectivity index (χ1v) is 8.59. The van der Waals surface area contributed by atoms with Crippen LogP contribution in [-0.4, -0.2) is 37.0 Å². The number of thioether (sulfide) groups is 1. The Balaban J connectivity index is 2.73. The van der Waals surface area contributed by atoms with Crippen LogP contribution in [-0.2, 0) is 6.54 Å². The Labute approximate surface area is 132 Å². The lowest BCUT2D eigenvalue weighted by molar-refractivity contribution is 0.238. The predicted octanol–water partition coefficient (Wildman–Crippen LogP) is 2.40. The summed E-state index contributed by atoms with van der Waals surface area (Å²) in [5, 5.41) is 15.6. The highest BCUT2D eigenvalue weighted by Crippen LogP contribution is 2.22. The molecule has 0 fully saturated rings. The van der Waals surface area contributed by atoms with Crippen molar-refractivity contribution in [2.24, 2.45) is 10.9 Å². The average Bonchev–Trinajstić information content (AvgIpc) is 2.50. The van der Waals surface area contributed by atoms with Crippen LogP contribution in [0.2, 0.25) is 0 Å². The number of nitrogens with zero attached hydrogens (tertiary/aromatic N) is 1. The maximum Gasteiger partial charge on any atom is 0.191 e. The largest absolute Gasteiger partial charge is 0.396 e. The highest BCUT2D eigenvalue weighted by Gasteiger charge is 2.04. The summed E-state index contributed by atoms with van der Waals surface area (Å²) in [5.41, 5.74) is 2.51. The number of rotatable bonds is 7. The number of aliphatic hydroxyl groups excluding tert-OH is 1. The van der Waals surface area contributed by atoms with E-state index in [1.54, 1.807) is 11.8 Å². The SMILES string of the molecule is CCNC(=NCc1ccc(C)cc1SC)NCC(C)CO. The Hall–Kier alpha value is -1.20. The van der Waals surface area contributed by atoms with Gasteiger partial charge in [0.2, 0.25) is 0 Å². The molecule has 1 rings (SSSR count). The lowest BCUT2D eigenvalue weighted by atomic mass is 10.1. The molecule has 4 nitrogen and oxygen atoms in total. The smallest absolute Gasteiger partial charge is 0.191 e. The van der Waals surface area contributed by atoms with Gasteiger partial charge in [0.25, 0.3) is 0 Å². The maximum atomic E-state index is 9.08. The third kappa shape index (κ3) is 6.40. The minimum atomic E-state index is 0.182. The summed E-state index contributed by atoms with van der Waals surface area (Å²) < 4.78 is 0. The monoisotopic (exact) mass is 309 g/mol. The molecule has 0 saturated heterocycles. The molecule has 21 heavy (non-hydrogen) atoms. The molecule has 0 aliphatic heterocycles. The van der Waals surface area contributed by atoms with Crippen molar-refractivity contribution in [2.45, 2.75) is 32.2 Å². The molecule has 0 saturated carbocycles. The molecule has 0 bridgehead atoms. The highest BCUT2D eigenvalue weighted by molar-refractivity contribution is 7.98. The van der Waals surface area contributed by atoms with Gasteiger partial charge in [-0.15, -0.1) is 11.8 Å². The van der Waals surface area contributed by atoms with E-state index in [1.807, 2.05) is 13.8 Å².